The van der Waals surface area contributed by atoms with Gasteiger partial charge in [-0.2, -0.15) is 4.98 Å². The fraction of sp³-hybridized carbons (Fsp3) is 0.571. The van der Waals surface area contributed by atoms with Crippen molar-refractivity contribution >= 4 is 22.8 Å². The van der Waals surface area contributed by atoms with Gasteiger partial charge in [0.2, 0.25) is 0 Å². The van der Waals surface area contributed by atoms with Crippen molar-refractivity contribution in [1.29, 1.82) is 0 Å². The first kappa shape index (κ1) is 24.5. The van der Waals surface area contributed by atoms with Crippen molar-refractivity contribution in [3.05, 3.63) is 34.9 Å². The van der Waals surface area contributed by atoms with Crippen LogP contribution >= 0.6 is 0 Å². The van der Waals surface area contributed by atoms with Crippen LogP contribution in [0.15, 0.2) is 23.6 Å². The highest BCUT2D eigenvalue weighted by atomic mass is 16.6. The number of rotatable bonds is 7. The first-order valence-electron chi connectivity index (χ1n) is 11.5. The maximum absolute atomic E-state index is 12.3. The molecule has 3 aromatic heterocycles. The first-order chi connectivity index (χ1) is 17.3. The van der Waals surface area contributed by atoms with E-state index in [0.29, 0.717) is 36.0 Å². The highest BCUT2D eigenvalue weighted by Gasteiger charge is 2.44. The molecular weight excluding hydrogens is 476 g/mol. The lowest BCUT2D eigenvalue weighted by molar-refractivity contribution is -0.0459. The number of ether oxygens (including phenoxy) is 2. The lowest BCUT2D eigenvalue weighted by Crippen LogP contribution is -2.31. The Hall–Kier alpha value is -3.21. The molecular formula is C21H28N8O7. The predicted octanol–water partition coefficient (Wildman–Crippen LogP) is -2.17. The number of hydrogen-bond donors (Lipinski definition) is 6. The van der Waals surface area contributed by atoms with Gasteiger partial charge in [-0.1, -0.05) is 0 Å². The Morgan fingerprint density at radius 2 is 1.83 bits per heavy atom. The molecule has 15 heteroatoms. The first-order valence-corrected chi connectivity index (χ1v) is 11.5. The number of aliphatic hydroxyl groups excluding tert-OH is 4. The third-order valence-electron chi connectivity index (χ3n) is 6.69. The minimum absolute atomic E-state index is 0.0708. The van der Waals surface area contributed by atoms with Gasteiger partial charge >= 0.3 is 5.69 Å². The van der Waals surface area contributed by atoms with Crippen LogP contribution in [-0.4, -0.2) is 86.6 Å². The molecule has 0 spiro atoms. The summed E-state index contributed by atoms with van der Waals surface area (Å²) in [7, 11) is 0. The van der Waals surface area contributed by atoms with Crippen molar-refractivity contribution in [2.45, 2.75) is 68.7 Å². The van der Waals surface area contributed by atoms with Gasteiger partial charge in [0.1, 0.15) is 42.2 Å². The molecule has 36 heavy (non-hydrogen) atoms. The smallest absolute Gasteiger partial charge is 0.351 e. The van der Waals surface area contributed by atoms with Gasteiger partial charge in [0.05, 0.1) is 25.1 Å². The number of aryl methyl sites for hydroxylation is 1. The summed E-state index contributed by atoms with van der Waals surface area (Å²) in [5.74, 6) is 0.265. The fourth-order valence-corrected chi connectivity index (χ4v) is 4.72. The largest absolute Gasteiger partial charge is 0.394 e. The molecule has 15 nitrogen and oxygen atoms in total. The van der Waals surface area contributed by atoms with E-state index in [1.54, 1.807) is 0 Å². The van der Waals surface area contributed by atoms with Crippen LogP contribution in [0, 0.1) is 0 Å². The molecule has 194 valence electrons. The van der Waals surface area contributed by atoms with E-state index in [4.69, 9.17) is 20.9 Å². The Labute approximate surface area is 204 Å². The number of aromatic nitrogens is 6. The van der Waals surface area contributed by atoms with E-state index in [9.17, 15) is 25.2 Å². The highest BCUT2D eigenvalue weighted by molar-refractivity contribution is 5.81. The van der Waals surface area contributed by atoms with Crippen molar-refractivity contribution in [2.75, 3.05) is 18.1 Å². The SMILES string of the molecule is Nc1nc(=O)n(C2C[C@H](O)[C@@H](CO)O2)cc1CCC[C@H]1O[C@@H](n2cnc3c(N)ncnc32)[C@H](O)[C@@H]1O. The van der Waals surface area contributed by atoms with Crippen LogP contribution in [0.5, 0.6) is 0 Å². The topological polar surface area (TPSA) is 230 Å². The molecule has 0 bridgehead atoms. The van der Waals surface area contributed by atoms with Gasteiger partial charge in [0.15, 0.2) is 17.7 Å². The van der Waals surface area contributed by atoms with Gasteiger partial charge in [-0.15, -0.1) is 0 Å². The van der Waals surface area contributed by atoms with Crippen LogP contribution < -0.4 is 17.2 Å². The molecule has 2 aliphatic rings. The molecule has 7 atom stereocenters. The summed E-state index contributed by atoms with van der Waals surface area (Å²) in [4.78, 5) is 28.4. The quantitative estimate of drug-likeness (QED) is 0.201. The number of imidazole rings is 1. The molecule has 1 unspecified atom stereocenters. The van der Waals surface area contributed by atoms with Crippen molar-refractivity contribution < 1.29 is 29.9 Å². The molecule has 5 heterocycles. The zero-order chi connectivity index (χ0) is 25.6. The molecule has 2 fully saturated rings. The van der Waals surface area contributed by atoms with E-state index in [1.807, 2.05) is 0 Å². The van der Waals surface area contributed by atoms with Crippen molar-refractivity contribution in [3.8, 4) is 0 Å². The number of nitrogen functional groups attached to an aromatic ring is 2. The average Bonchev–Trinajstić information content (AvgIpc) is 3.52. The fourth-order valence-electron chi connectivity index (χ4n) is 4.72. The number of nitrogens with two attached hydrogens (primary N) is 2. The van der Waals surface area contributed by atoms with Gasteiger partial charge in [-0.3, -0.25) is 9.13 Å². The van der Waals surface area contributed by atoms with E-state index < -0.39 is 48.7 Å². The molecule has 0 saturated carbocycles. The maximum Gasteiger partial charge on any atom is 0.351 e. The minimum atomic E-state index is -1.22. The van der Waals surface area contributed by atoms with Crippen LogP contribution in [0.3, 0.4) is 0 Å². The van der Waals surface area contributed by atoms with Gasteiger partial charge < -0.3 is 41.4 Å². The number of aliphatic hydroxyl groups is 4. The molecule has 0 radical (unpaired) electrons. The Kier molecular flexibility index (Phi) is 6.59. The lowest BCUT2D eigenvalue weighted by Gasteiger charge is -2.17. The number of fused-ring (bicyclic) bond motifs is 1. The summed E-state index contributed by atoms with van der Waals surface area (Å²) in [5, 5.41) is 40.5. The van der Waals surface area contributed by atoms with E-state index in [-0.39, 0.29) is 24.7 Å². The zero-order valence-corrected chi connectivity index (χ0v) is 19.2. The Bertz CT molecular complexity index is 1300. The van der Waals surface area contributed by atoms with Crippen LogP contribution in [0.1, 0.15) is 37.3 Å². The normalized spacial score (nSPS) is 30.4. The summed E-state index contributed by atoms with van der Waals surface area (Å²) in [6, 6.07) is 0. The average molecular weight is 505 g/mol. The second kappa shape index (κ2) is 9.68. The standard InChI is InChI=1S/C21H28N8O7/c22-17-9(5-28(21(34)27-17)13-4-10(31)12(6-30)35-13)2-1-3-11-15(32)16(33)20(36-11)29-8-26-14-18(23)24-7-25-19(14)29/h5,7-8,10-13,15-16,20,30-33H,1-4,6H2,(H2,22,27,34)(H2,23,24,25)/t10-,11+,12+,13?,15+,16+,20+/m0/s1. The summed E-state index contributed by atoms with van der Waals surface area (Å²) in [5.41, 5.74) is 12.5. The van der Waals surface area contributed by atoms with Gasteiger partial charge in [-0.05, 0) is 19.3 Å². The second-order valence-corrected chi connectivity index (χ2v) is 8.98. The maximum atomic E-state index is 12.3. The number of nitrogens with zero attached hydrogens (tertiary/aromatic N) is 6. The van der Waals surface area contributed by atoms with Crippen LogP contribution in [-0.2, 0) is 15.9 Å². The molecule has 8 N–H and O–H groups in total. The van der Waals surface area contributed by atoms with Crippen LogP contribution in [0.25, 0.3) is 11.2 Å². The molecule has 0 aliphatic carbocycles. The van der Waals surface area contributed by atoms with Crippen molar-refractivity contribution in [2.24, 2.45) is 0 Å². The molecule has 0 amide bonds. The Morgan fingerprint density at radius 3 is 2.58 bits per heavy atom. The minimum Gasteiger partial charge on any atom is -0.394 e. The van der Waals surface area contributed by atoms with Crippen molar-refractivity contribution in [3.63, 3.8) is 0 Å². The van der Waals surface area contributed by atoms with E-state index >= 15 is 0 Å². The van der Waals surface area contributed by atoms with Gasteiger partial charge in [0.25, 0.3) is 0 Å². The second-order valence-electron chi connectivity index (χ2n) is 8.98. The summed E-state index contributed by atoms with van der Waals surface area (Å²) in [6.07, 6.45) is -0.750. The van der Waals surface area contributed by atoms with Crippen LogP contribution in [0.4, 0.5) is 11.6 Å². The Morgan fingerprint density at radius 1 is 1.03 bits per heavy atom. The summed E-state index contributed by atoms with van der Waals surface area (Å²) < 4.78 is 14.3. The highest BCUT2D eigenvalue weighted by Crippen LogP contribution is 2.34. The third-order valence-corrected chi connectivity index (χ3v) is 6.69. The Balaban J connectivity index is 1.26. The lowest BCUT2D eigenvalue weighted by atomic mass is 10.0. The zero-order valence-electron chi connectivity index (χ0n) is 19.2. The van der Waals surface area contributed by atoms with E-state index in [1.165, 1.54) is 28.0 Å². The van der Waals surface area contributed by atoms with Crippen molar-refractivity contribution in [1.82, 2.24) is 29.1 Å². The number of hydrogen-bond acceptors (Lipinski definition) is 13. The summed E-state index contributed by atoms with van der Waals surface area (Å²) >= 11 is 0. The van der Waals surface area contributed by atoms with Crippen LogP contribution in [0.2, 0.25) is 0 Å². The molecule has 2 saturated heterocycles. The summed E-state index contributed by atoms with van der Waals surface area (Å²) in [6.45, 7) is -0.368. The van der Waals surface area contributed by atoms with E-state index in [2.05, 4.69) is 19.9 Å². The predicted molar refractivity (Wildman–Crippen MR) is 123 cm³/mol. The number of anilines is 2. The van der Waals surface area contributed by atoms with Gasteiger partial charge in [-0.25, -0.2) is 19.7 Å². The third kappa shape index (κ3) is 4.29. The molecule has 5 rings (SSSR count). The van der Waals surface area contributed by atoms with Gasteiger partial charge in [0, 0.05) is 18.2 Å². The monoisotopic (exact) mass is 504 g/mol. The van der Waals surface area contributed by atoms with E-state index in [0.717, 1.165) is 0 Å². The molecule has 3 aromatic rings. The molecule has 2 aliphatic heterocycles. The molecule has 0 aromatic carbocycles.